The smallest absolute Gasteiger partial charge is 0.454 e. The Morgan fingerprint density at radius 2 is 1.48 bits per heavy atom. The van der Waals surface area contributed by atoms with Gasteiger partial charge in [0.2, 0.25) is 6.79 Å². The number of benzene rings is 1. The van der Waals surface area contributed by atoms with Crippen molar-refractivity contribution in [1.29, 1.82) is 0 Å². The van der Waals surface area contributed by atoms with Crippen LogP contribution in [-0.2, 0) is 23.4 Å². The minimum atomic E-state index is 0. The van der Waals surface area contributed by atoms with Crippen LogP contribution in [0.1, 0.15) is 41.5 Å². The molecule has 0 bridgehead atoms. The predicted molar refractivity (Wildman–Crippen MR) is 102 cm³/mol. The molecule has 0 unspecified atom stereocenters. The quantitative estimate of drug-likeness (QED) is 0.704. The number of para-hydroxylation sites is 2. The fourth-order valence-electron chi connectivity index (χ4n) is 1.27. The van der Waals surface area contributed by atoms with Crippen LogP contribution in [0.4, 0.5) is 0 Å². The maximum Gasteiger partial charge on any atom is 2.00 e. The molecule has 1 aliphatic heterocycles. The van der Waals surface area contributed by atoms with Gasteiger partial charge in [0.1, 0.15) is 5.78 Å². The fraction of sp³-hybridized carbons (Fsp3) is 0.550. The molecule has 0 spiro atoms. The molecule has 5 heteroatoms. The van der Waals surface area contributed by atoms with E-state index in [0.29, 0.717) is 6.79 Å². The third kappa shape index (κ3) is 15.0. The third-order valence-corrected chi connectivity index (χ3v) is 3.17. The van der Waals surface area contributed by atoms with E-state index in [0.717, 1.165) is 31.1 Å². The van der Waals surface area contributed by atoms with Gasteiger partial charge in [-0.3, -0.25) is 4.79 Å². The van der Waals surface area contributed by atoms with Crippen molar-refractivity contribution in [3.63, 3.8) is 0 Å². The number of ether oxygens (including phenoxy) is 2. The molecular weight excluding hydrogens is 353 g/mol. The third-order valence-electron chi connectivity index (χ3n) is 3.17. The molecule has 0 saturated carbocycles. The number of carbonyl (C=O) groups excluding carboxylic acids is 1. The molecule has 0 saturated heterocycles. The zero-order valence-corrected chi connectivity index (χ0v) is 18.1. The Hall–Kier alpha value is -0.966. The van der Waals surface area contributed by atoms with Crippen molar-refractivity contribution in [2.75, 3.05) is 26.4 Å². The zero-order chi connectivity index (χ0) is 19.0. The van der Waals surface area contributed by atoms with Crippen molar-refractivity contribution in [2.24, 2.45) is 5.92 Å². The molecule has 4 nitrogen and oxygen atoms in total. The van der Waals surface area contributed by atoms with E-state index in [4.69, 9.17) is 9.47 Å². The Kier molecular flexibility index (Phi) is 22.3. The summed E-state index contributed by atoms with van der Waals surface area (Å²) in [5.74, 6) is 2.16. The van der Waals surface area contributed by atoms with Crippen molar-refractivity contribution in [3.8, 4) is 11.5 Å². The predicted octanol–water partition coefficient (Wildman–Crippen LogP) is 4.65. The number of hydrogen-bond donors (Lipinski definition) is 0. The normalized spacial score (nSPS) is 10.3. The second-order valence-corrected chi connectivity index (χ2v) is 5.05. The van der Waals surface area contributed by atoms with Crippen molar-refractivity contribution in [3.05, 3.63) is 38.1 Å². The van der Waals surface area contributed by atoms with E-state index in [9.17, 15) is 4.79 Å². The van der Waals surface area contributed by atoms with Crippen LogP contribution in [-0.4, -0.2) is 37.1 Å². The molecule has 0 fully saturated rings. The van der Waals surface area contributed by atoms with Gasteiger partial charge >= 0.3 is 18.6 Å². The van der Waals surface area contributed by atoms with Gasteiger partial charge in [-0.05, 0) is 25.6 Å². The SMILES string of the molecule is CC.CC(=O)C(C)C.[CH2-]CN(C[CH2-])CC.[V+2].c1ccc2c(c1)OCO2. The Bertz CT molecular complexity index is 393. The van der Waals surface area contributed by atoms with Gasteiger partial charge in [0.15, 0.2) is 11.5 Å². The summed E-state index contributed by atoms with van der Waals surface area (Å²) < 4.78 is 10.2. The fourth-order valence-corrected chi connectivity index (χ4v) is 1.27. The summed E-state index contributed by atoms with van der Waals surface area (Å²) in [4.78, 5) is 12.3. The Labute approximate surface area is 167 Å². The topological polar surface area (TPSA) is 38.8 Å². The van der Waals surface area contributed by atoms with Crippen molar-refractivity contribution in [2.45, 2.75) is 41.5 Å². The largest absolute Gasteiger partial charge is 2.00 e. The van der Waals surface area contributed by atoms with Crippen LogP contribution in [0, 0.1) is 19.8 Å². The van der Waals surface area contributed by atoms with Crippen LogP contribution in [0.25, 0.3) is 0 Å². The summed E-state index contributed by atoms with van der Waals surface area (Å²) in [5.41, 5.74) is 0. The average Bonchev–Trinajstić information content (AvgIpc) is 3.08. The Balaban J connectivity index is -0.000000278. The van der Waals surface area contributed by atoms with Gasteiger partial charge in [-0.1, -0.05) is 46.8 Å². The van der Waals surface area contributed by atoms with E-state index in [1.165, 1.54) is 0 Å². The molecule has 1 radical (unpaired) electrons. The van der Waals surface area contributed by atoms with E-state index in [1.54, 1.807) is 6.92 Å². The average molecular weight is 388 g/mol. The van der Waals surface area contributed by atoms with Crippen molar-refractivity contribution in [1.82, 2.24) is 4.90 Å². The second-order valence-electron chi connectivity index (χ2n) is 5.05. The maximum atomic E-state index is 10.1. The molecule has 1 aromatic rings. The van der Waals surface area contributed by atoms with Gasteiger partial charge in [0.25, 0.3) is 0 Å². The summed E-state index contributed by atoms with van der Waals surface area (Å²) in [7, 11) is 0. The first-order chi connectivity index (χ1) is 11.5. The van der Waals surface area contributed by atoms with Crippen LogP contribution in [0.2, 0.25) is 0 Å². The molecule has 1 aliphatic rings. The summed E-state index contributed by atoms with van der Waals surface area (Å²) in [6, 6.07) is 7.63. The second kappa shape index (κ2) is 19.4. The van der Waals surface area contributed by atoms with Gasteiger partial charge in [0, 0.05) is 5.92 Å². The minimum Gasteiger partial charge on any atom is -0.454 e. The van der Waals surface area contributed by atoms with E-state index in [-0.39, 0.29) is 30.3 Å². The van der Waals surface area contributed by atoms with Gasteiger partial charge in [-0.15, -0.1) is 13.1 Å². The van der Waals surface area contributed by atoms with Gasteiger partial charge in [0.05, 0.1) is 0 Å². The molecule has 2 rings (SSSR count). The van der Waals surface area contributed by atoms with Gasteiger partial charge in [-0.25, -0.2) is 0 Å². The monoisotopic (exact) mass is 388 g/mol. The molecular formula is C20H35NO3V. The molecule has 25 heavy (non-hydrogen) atoms. The number of rotatable bonds is 4. The molecule has 0 aromatic heterocycles. The van der Waals surface area contributed by atoms with Crippen LogP contribution in [0.3, 0.4) is 0 Å². The van der Waals surface area contributed by atoms with E-state index in [1.807, 2.05) is 52.0 Å². The van der Waals surface area contributed by atoms with Crippen molar-refractivity contribution < 1.29 is 32.8 Å². The number of carbonyl (C=O) groups is 1. The van der Waals surface area contributed by atoms with Gasteiger partial charge < -0.3 is 28.2 Å². The van der Waals surface area contributed by atoms with Crippen LogP contribution in [0.5, 0.6) is 11.5 Å². The first kappa shape index (κ1) is 28.8. The molecule has 0 N–H and O–H groups in total. The summed E-state index contributed by atoms with van der Waals surface area (Å²) in [6.45, 7) is 22.1. The number of Topliss-reactive ketones (excluding diaryl/α,β-unsaturated/α-hetero) is 1. The van der Waals surface area contributed by atoms with Crippen LogP contribution in [0.15, 0.2) is 24.3 Å². The first-order valence-corrected chi connectivity index (χ1v) is 8.62. The number of ketones is 1. The molecule has 1 aromatic carbocycles. The summed E-state index contributed by atoms with van der Waals surface area (Å²) in [6.07, 6.45) is 0. The Morgan fingerprint density at radius 1 is 1.12 bits per heavy atom. The van der Waals surface area contributed by atoms with Gasteiger partial charge in [-0.2, -0.15) is 0 Å². The van der Waals surface area contributed by atoms with E-state index >= 15 is 0 Å². The van der Waals surface area contributed by atoms with Crippen LogP contribution < -0.4 is 9.47 Å². The Morgan fingerprint density at radius 3 is 1.68 bits per heavy atom. The number of hydrogen-bond acceptors (Lipinski definition) is 4. The van der Waals surface area contributed by atoms with Crippen molar-refractivity contribution >= 4 is 5.78 Å². The zero-order valence-electron chi connectivity index (χ0n) is 16.7. The van der Waals surface area contributed by atoms with Crippen LogP contribution >= 0.6 is 0 Å². The first-order valence-electron chi connectivity index (χ1n) is 8.62. The summed E-state index contributed by atoms with van der Waals surface area (Å²) in [5, 5.41) is 0. The minimum absolute atomic E-state index is 0. The maximum absolute atomic E-state index is 10.1. The molecule has 143 valence electrons. The summed E-state index contributed by atoms with van der Waals surface area (Å²) >= 11 is 0. The van der Waals surface area contributed by atoms with E-state index in [2.05, 4.69) is 25.7 Å². The molecule has 0 atom stereocenters. The number of fused-ring (bicyclic) bond motifs is 1. The molecule has 1 heterocycles. The van der Waals surface area contributed by atoms with E-state index < -0.39 is 0 Å². The number of nitrogens with zero attached hydrogens (tertiary/aromatic N) is 1. The molecule has 0 amide bonds. The molecule has 0 aliphatic carbocycles. The standard InChI is InChI=1S/C7H6O2.C6H13N.C5H10O.C2H6.V/c1-2-4-7-6(3-1)8-5-9-7;1-4-7(5-2)6-3;1-4(2)5(3)6;1-2;/h1-4H,5H2;1-2,4-6H2,3H3;4H,1-3H3;1-2H3;/q;-2;;;+2.